The summed E-state index contributed by atoms with van der Waals surface area (Å²) in [6, 6.07) is 2.30. The maximum Gasteiger partial charge on any atom is 0.246 e. The van der Waals surface area contributed by atoms with Crippen molar-refractivity contribution in [3.05, 3.63) is 29.8 Å². The minimum Gasteiger partial charge on any atom is -0.339 e. The van der Waals surface area contributed by atoms with Crippen molar-refractivity contribution in [3.63, 3.8) is 0 Å². The van der Waals surface area contributed by atoms with Gasteiger partial charge in [-0.15, -0.1) is 11.8 Å². The Morgan fingerprint density at radius 2 is 1.86 bits per heavy atom. The molecular weight excluding hydrogens is 434 g/mol. The highest BCUT2D eigenvalue weighted by Crippen LogP contribution is 2.25. The Balaban J connectivity index is 1.54. The minimum atomic E-state index is -4.12. The third-order valence-electron chi connectivity index (χ3n) is 4.74. The average molecular weight is 455 g/mol. The SMILES string of the molecule is O=C(CSC1CCS(=O)(=O)C1)N1CCN(S(=O)(=O)c2ccc(F)cc2F)CC1. The normalized spacial score (nSPS) is 23.1. The zero-order valence-corrected chi connectivity index (χ0v) is 17.3. The Hall–Kier alpha value is -1.24. The molecule has 1 amide bonds. The van der Waals surface area contributed by atoms with Gasteiger partial charge in [-0.1, -0.05) is 0 Å². The quantitative estimate of drug-likeness (QED) is 0.651. The van der Waals surface area contributed by atoms with E-state index in [9.17, 15) is 30.4 Å². The molecule has 0 radical (unpaired) electrons. The van der Waals surface area contributed by atoms with E-state index < -0.39 is 36.4 Å². The van der Waals surface area contributed by atoms with Crippen molar-refractivity contribution in [1.82, 2.24) is 9.21 Å². The molecule has 1 aromatic carbocycles. The van der Waals surface area contributed by atoms with Crippen LogP contribution in [0.3, 0.4) is 0 Å². The zero-order chi connectivity index (χ0) is 20.5. The molecule has 0 saturated carbocycles. The number of thioether (sulfide) groups is 1. The first-order valence-electron chi connectivity index (χ1n) is 8.63. The van der Waals surface area contributed by atoms with Crippen molar-refractivity contribution in [2.45, 2.75) is 16.6 Å². The predicted molar refractivity (Wildman–Crippen MR) is 101 cm³/mol. The molecule has 0 aromatic heterocycles. The van der Waals surface area contributed by atoms with Gasteiger partial charge in [-0.05, 0) is 18.6 Å². The fourth-order valence-electron chi connectivity index (χ4n) is 3.17. The second-order valence-corrected chi connectivity index (χ2v) is 12.1. The smallest absolute Gasteiger partial charge is 0.246 e. The molecule has 7 nitrogen and oxygen atoms in total. The summed E-state index contributed by atoms with van der Waals surface area (Å²) in [5, 5.41) is -0.0860. The van der Waals surface area contributed by atoms with Gasteiger partial charge in [-0.3, -0.25) is 4.79 Å². The molecule has 1 aromatic rings. The lowest BCUT2D eigenvalue weighted by atomic mass is 10.3. The van der Waals surface area contributed by atoms with Crippen LogP contribution < -0.4 is 0 Å². The van der Waals surface area contributed by atoms with Crippen LogP contribution in [0.15, 0.2) is 23.1 Å². The third-order valence-corrected chi connectivity index (χ3v) is 9.93. The van der Waals surface area contributed by atoms with E-state index in [1.54, 1.807) is 0 Å². The number of benzene rings is 1. The molecule has 2 saturated heterocycles. The maximum atomic E-state index is 13.9. The van der Waals surface area contributed by atoms with Gasteiger partial charge >= 0.3 is 0 Å². The number of halogens is 2. The Morgan fingerprint density at radius 1 is 1.18 bits per heavy atom. The lowest BCUT2D eigenvalue weighted by molar-refractivity contribution is -0.129. The highest BCUT2D eigenvalue weighted by molar-refractivity contribution is 8.02. The van der Waals surface area contributed by atoms with Crippen molar-refractivity contribution >= 4 is 37.5 Å². The van der Waals surface area contributed by atoms with Crippen LogP contribution in [0.25, 0.3) is 0 Å². The first-order valence-corrected chi connectivity index (χ1v) is 12.9. The molecule has 156 valence electrons. The van der Waals surface area contributed by atoms with Crippen LogP contribution in [-0.4, -0.2) is 80.6 Å². The highest BCUT2D eigenvalue weighted by Gasteiger charge is 2.33. The van der Waals surface area contributed by atoms with Crippen molar-refractivity contribution in [1.29, 1.82) is 0 Å². The number of nitrogens with zero attached hydrogens (tertiary/aromatic N) is 2. The fraction of sp³-hybridized carbons (Fsp3) is 0.562. The van der Waals surface area contributed by atoms with Gasteiger partial charge in [0.15, 0.2) is 9.84 Å². The van der Waals surface area contributed by atoms with E-state index in [1.165, 1.54) is 16.7 Å². The van der Waals surface area contributed by atoms with Gasteiger partial charge in [-0.25, -0.2) is 25.6 Å². The molecular formula is C16H20F2N2O5S3. The second-order valence-electron chi connectivity index (χ2n) is 6.70. The molecule has 12 heteroatoms. The molecule has 2 aliphatic rings. The Labute approximate surface area is 167 Å². The monoisotopic (exact) mass is 454 g/mol. The highest BCUT2D eigenvalue weighted by atomic mass is 32.2. The predicted octanol–water partition coefficient (Wildman–Crippen LogP) is 0.718. The van der Waals surface area contributed by atoms with E-state index in [0.29, 0.717) is 12.5 Å². The van der Waals surface area contributed by atoms with Crippen LogP contribution in [0.1, 0.15) is 6.42 Å². The van der Waals surface area contributed by atoms with Crippen LogP contribution in [0.4, 0.5) is 8.78 Å². The number of rotatable bonds is 5. The van der Waals surface area contributed by atoms with Crippen LogP contribution >= 0.6 is 11.8 Å². The Morgan fingerprint density at radius 3 is 2.43 bits per heavy atom. The molecule has 1 unspecified atom stereocenters. The van der Waals surface area contributed by atoms with E-state index in [1.807, 2.05) is 0 Å². The van der Waals surface area contributed by atoms with Gasteiger partial charge in [-0.2, -0.15) is 4.31 Å². The van der Waals surface area contributed by atoms with E-state index in [0.717, 1.165) is 16.4 Å². The maximum absolute atomic E-state index is 13.9. The van der Waals surface area contributed by atoms with Crippen molar-refractivity contribution in [2.24, 2.45) is 0 Å². The summed E-state index contributed by atoms with van der Waals surface area (Å²) in [6.07, 6.45) is 0.537. The van der Waals surface area contributed by atoms with Gasteiger partial charge in [0.2, 0.25) is 15.9 Å². The number of hydrogen-bond acceptors (Lipinski definition) is 6. The minimum absolute atomic E-state index is 0.00731. The van der Waals surface area contributed by atoms with Crippen molar-refractivity contribution in [2.75, 3.05) is 43.4 Å². The molecule has 2 heterocycles. The molecule has 1 atom stereocenters. The van der Waals surface area contributed by atoms with Gasteiger partial charge < -0.3 is 4.90 Å². The molecule has 0 spiro atoms. The largest absolute Gasteiger partial charge is 0.339 e. The van der Waals surface area contributed by atoms with E-state index >= 15 is 0 Å². The first-order chi connectivity index (χ1) is 13.1. The summed E-state index contributed by atoms with van der Waals surface area (Å²) >= 11 is 1.31. The number of carbonyl (C=O) groups is 1. The van der Waals surface area contributed by atoms with Gasteiger partial charge in [0.05, 0.1) is 17.3 Å². The molecule has 3 rings (SSSR count). The standard InChI is InChI=1S/C16H20F2N2O5S3/c17-12-1-2-15(14(18)9-12)28(24,25)20-6-4-19(5-7-20)16(21)10-26-13-3-8-27(22,23)11-13/h1-2,9,13H,3-8,10-11H2. The number of sulfone groups is 1. The third kappa shape index (κ3) is 4.84. The first kappa shape index (κ1) is 21.5. The lowest BCUT2D eigenvalue weighted by Gasteiger charge is -2.34. The van der Waals surface area contributed by atoms with Crippen LogP contribution in [0.5, 0.6) is 0 Å². The number of piperazine rings is 1. The summed E-state index contributed by atoms with van der Waals surface area (Å²) in [7, 11) is -7.11. The molecule has 2 fully saturated rings. The van der Waals surface area contributed by atoms with E-state index in [4.69, 9.17) is 0 Å². The van der Waals surface area contributed by atoms with Gasteiger partial charge in [0, 0.05) is 37.5 Å². The van der Waals surface area contributed by atoms with Crippen molar-refractivity contribution in [3.8, 4) is 0 Å². The summed E-state index contributed by atoms with van der Waals surface area (Å²) < 4.78 is 76.0. The second kappa shape index (κ2) is 8.25. The number of carbonyl (C=O) groups excluding carboxylic acids is 1. The lowest BCUT2D eigenvalue weighted by Crippen LogP contribution is -2.51. The zero-order valence-electron chi connectivity index (χ0n) is 14.9. The van der Waals surface area contributed by atoms with Crippen LogP contribution in [0.2, 0.25) is 0 Å². The van der Waals surface area contributed by atoms with Gasteiger partial charge in [0.1, 0.15) is 16.5 Å². The molecule has 2 aliphatic heterocycles. The Kier molecular flexibility index (Phi) is 6.32. The van der Waals surface area contributed by atoms with E-state index in [2.05, 4.69) is 0 Å². The van der Waals surface area contributed by atoms with Crippen LogP contribution in [0, 0.1) is 11.6 Å². The van der Waals surface area contributed by atoms with Crippen LogP contribution in [-0.2, 0) is 24.7 Å². The Bertz CT molecular complexity index is 960. The molecule has 0 aliphatic carbocycles. The molecule has 0 N–H and O–H groups in total. The topological polar surface area (TPSA) is 91.8 Å². The molecule has 0 bridgehead atoms. The molecule has 28 heavy (non-hydrogen) atoms. The number of sulfonamides is 1. The summed E-state index contributed by atoms with van der Waals surface area (Å²) in [5.41, 5.74) is 0. The van der Waals surface area contributed by atoms with Crippen molar-refractivity contribution < 1.29 is 30.4 Å². The number of hydrogen-bond donors (Lipinski definition) is 0. The average Bonchev–Trinajstić information content (AvgIpc) is 2.98. The van der Waals surface area contributed by atoms with Gasteiger partial charge in [0.25, 0.3) is 0 Å². The fourth-order valence-corrected chi connectivity index (χ4v) is 8.19. The summed E-state index contributed by atoms with van der Waals surface area (Å²) in [5.74, 6) is -1.82. The number of amides is 1. The summed E-state index contributed by atoms with van der Waals surface area (Å²) in [6.45, 7) is 0.329. The van der Waals surface area contributed by atoms with E-state index in [-0.39, 0.29) is 54.6 Å². The summed E-state index contributed by atoms with van der Waals surface area (Å²) in [4.78, 5) is 13.2.